The van der Waals surface area contributed by atoms with Crippen molar-refractivity contribution in [1.29, 1.82) is 0 Å². The van der Waals surface area contributed by atoms with Gasteiger partial charge in [0.2, 0.25) is 11.8 Å². The van der Waals surface area contributed by atoms with E-state index in [-0.39, 0.29) is 43.2 Å². The summed E-state index contributed by atoms with van der Waals surface area (Å²) in [5, 5.41) is 5.22. The summed E-state index contributed by atoms with van der Waals surface area (Å²) in [5.41, 5.74) is 0.731. The van der Waals surface area contributed by atoms with Crippen LogP contribution < -0.4 is 10.6 Å². The molecular weight excluding hydrogens is 316 g/mol. The predicted octanol–water partition coefficient (Wildman–Crippen LogP) is 2.44. The standard InChI is InChI=1S/C17H17F2N3O2/c18-13-4-5-15(19)12(10-13)3-6-16(23)21-9-7-17(24)22-14-2-1-8-20-11-14/h1-2,4-5,8,10-11H,3,6-7,9H2,(H,21,23)(H,22,24). The van der Waals surface area contributed by atoms with Crippen LogP contribution in [0.3, 0.4) is 0 Å². The second kappa shape index (κ2) is 8.71. The van der Waals surface area contributed by atoms with Crippen LogP contribution in [-0.2, 0) is 16.0 Å². The topological polar surface area (TPSA) is 71.1 Å². The summed E-state index contributed by atoms with van der Waals surface area (Å²) < 4.78 is 26.5. The molecule has 2 amide bonds. The Morgan fingerprint density at radius 3 is 2.67 bits per heavy atom. The van der Waals surface area contributed by atoms with Gasteiger partial charge in [-0.15, -0.1) is 0 Å². The zero-order chi connectivity index (χ0) is 17.4. The third-order valence-corrected chi connectivity index (χ3v) is 3.25. The third kappa shape index (κ3) is 5.75. The molecule has 0 aliphatic heterocycles. The van der Waals surface area contributed by atoms with Crippen molar-refractivity contribution in [2.45, 2.75) is 19.3 Å². The molecule has 0 saturated carbocycles. The molecule has 1 aromatic heterocycles. The minimum Gasteiger partial charge on any atom is -0.356 e. The highest BCUT2D eigenvalue weighted by atomic mass is 19.1. The molecule has 0 atom stereocenters. The first-order valence-corrected chi connectivity index (χ1v) is 7.45. The van der Waals surface area contributed by atoms with Gasteiger partial charge in [-0.05, 0) is 42.3 Å². The maximum atomic E-state index is 13.4. The Morgan fingerprint density at radius 1 is 1.08 bits per heavy atom. The van der Waals surface area contributed by atoms with Crippen LogP contribution in [0.2, 0.25) is 0 Å². The molecule has 126 valence electrons. The van der Waals surface area contributed by atoms with Gasteiger partial charge in [0.25, 0.3) is 0 Å². The van der Waals surface area contributed by atoms with Crippen LogP contribution in [0.4, 0.5) is 14.5 Å². The van der Waals surface area contributed by atoms with Gasteiger partial charge in [-0.3, -0.25) is 14.6 Å². The minimum absolute atomic E-state index is 0.0185. The van der Waals surface area contributed by atoms with E-state index in [1.807, 2.05) is 0 Å². The number of hydrogen-bond acceptors (Lipinski definition) is 3. The van der Waals surface area contributed by atoms with E-state index in [1.54, 1.807) is 18.3 Å². The van der Waals surface area contributed by atoms with Crippen LogP contribution in [0.5, 0.6) is 0 Å². The number of aryl methyl sites for hydroxylation is 1. The fraction of sp³-hybridized carbons (Fsp3) is 0.235. The fourth-order valence-electron chi connectivity index (χ4n) is 2.05. The molecule has 2 rings (SSSR count). The fourth-order valence-corrected chi connectivity index (χ4v) is 2.05. The molecule has 5 nitrogen and oxygen atoms in total. The number of anilines is 1. The Kier molecular flexibility index (Phi) is 6.36. The number of aromatic nitrogens is 1. The van der Waals surface area contributed by atoms with Crippen LogP contribution in [0.15, 0.2) is 42.7 Å². The van der Waals surface area contributed by atoms with Crippen LogP contribution in [0.1, 0.15) is 18.4 Å². The number of hydrogen-bond donors (Lipinski definition) is 2. The number of carbonyl (C=O) groups excluding carboxylic acids is 2. The first-order valence-electron chi connectivity index (χ1n) is 7.45. The lowest BCUT2D eigenvalue weighted by molar-refractivity contribution is -0.121. The first kappa shape index (κ1) is 17.5. The summed E-state index contributed by atoms with van der Waals surface area (Å²) in [4.78, 5) is 27.2. The van der Waals surface area contributed by atoms with Crippen LogP contribution >= 0.6 is 0 Å². The summed E-state index contributed by atoms with van der Waals surface area (Å²) in [5.74, 6) is -1.66. The SMILES string of the molecule is O=C(CCc1cc(F)ccc1F)NCCC(=O)Nc1cccnc1. The molecule has 0 saturated heterocycles. The number of carbonyl (C=O) groups is 2. The van der Waals surface area contributed by atoms with Crippen LogP contribution in [-0.4, -0.2) is 23.3 Å². The van der Waals surface area contributed by atoms with Gasteiger partial charge in [-0.1, -0.05) is 0 Å². The van der Waals surface area contributed by atoms with Crippen molar-refractivity contribution in [3.05, 3.63) is 59.9 Å². The van der Waals surface area contributed by atoms with Gasteiger partial charge < -0.3 is 10.6 Å². The lowest BCUT2D eigenvalue weighted by Gasteiger charge is -2.07. The van der Waals surface area contributed by atoms with Crippen LogP contribution in [0.25, 0.3) is 0 Å². The smallest absolute Gasteiger partial charge is 0.226 e. The molecule has 1 aromatic carbocycles. The number of halogens is 2. The highest BCUT2D eigenvalue weighted by molar-refractivity contribution is 5.90. The van der Waals surface area contributed by atoms with Crippen molar-refractivity contribution in [1.82, 2.24) is 10.3 Å². The van der Waals surface area contributed by atoms with Gasteiger partial charge >= 0.3 is 0 Å². The molecule has 0 radical (unpaired) electrons. The van der Waals surface area contributed by atoms with E-state index in [0.717, 1.165) is 18.2 Å². The maximum Gasteiger partial charge on any atom is 0.226 e. The second-order valence-electron chi connectivity index (χ2n) is 5.13. The molecule has 0 bridgehead atoms. The zero-order valence-corrected chi connectivity index (χ0v) is 12.9. The van der Waals surface area contributed by atoms with Gasteiger partial charge in [0.05, 0.1) is 11.9 Å². The Bertz CT molecular complexity index is 708. The van der Waals surface area contributed by atoms with Gasteiger partial charge in [-0.25, -0.2) is 8.78 Å². The highest BCUT2D eigenvalue weighted by Crippen LogP contribution is 2.11. The molecule has 0 aliphatic carbocycles. The molecule has 0 fully saturated rings. The number of nitrogens with zero attached hydrogens (tertiary/aromatic N) is 1. The number of rotatable bonds is 7. The number of benzene rings is 1. The lowest BCUT2D eigenvalue weighted by atomic mass is 10.1. The van der Waals surface area contributed by atoms with E-state index in [4.69, 9.17) is 0 Å². The largest absolute Gasteiger partial charge is 0.356 e. The van der Waals surface area contributed by atoms with Crippen LogP contribution in [0, 0.1) is 11.6 Å². The molecule has 2 N–H and O–H groups in total. The Hall–Kier alpha value is -2.83. The average Bonchev–Trinajstić information content (AvgIpc) is 2.56. The monoisotopic (exact) mass is 333 g/mol. The number of amides is 2. The molecule has 2 aromatic rings. The third-order valence-electron chi connectivity index (χ3n) is 3.25. The van der Waals surface area contributed by atoms with E-state index >= 15 is 0 Å². The average molecular weight is 333 g/mol. The zero-order valence-electron chi connectivity index (χ0n) is 12.9. The summed E-state index contributed by atoms with van der Waals surface area (Å²) in [6, 6.07) is 6.54. The molecule has 1 heterocycles. The van der Waals surface area contributed by atoms with Gasteiger partial charge in [0.15, 0.2) is 0 Å². The highest BCUT2D eigenvalue weighted by Gasteiger charge is 2.08. The van der Waals surface area contributed by atoms with Crippen molar-refractivity contribution in [2.24, 2.45) is 0 Å². The van der Waals surface area contributed by atoms with Crippen molar-refractivity contribution < 1.29 is 18.4 Å². The van der Waals surface area contributed by atoms with Crippen molar-refractivity contribution >= 4 is 17.5 Å². The molecule has 0 unspecified atom stereocenters. The molecule has 0 aliphatic rings. The molecule has 0 spiro atoms. The number of nitrogens with one attached hydrogen (secondary N) is 2. The maximum absolute atomic E-state index is 13.4. The Balaban J connectivity index is 1.68. The summed E-state index contributed by atoms with van der Waals surface area (Å²) in [7, 11) is 0. The minimum atomic E-state index is -0.543. The summed E-state index contributed by atoms with van der Waals surface area (Å²) in [6.07, 6.45) is 3.33. The Morgan fingerprint density at radius 2 is 1.92 bits per heavy atom. The molecule has 24 heavy (non-hydrogen) atoms. The van der Waals surface area contributed by atoms with Gasteiger partial charge in [0, 0.05) is 25.6 Å². The van der Waals surface area contributed by atoms with Crippen molar-refractivity contribution in [2.75, 3.05) is 11.9 Å². The van der Waals surface area contributed by atoms with E-state index in [9.17, 15) is 18.4 Å². The first-order chi connectivity index (χ1) is 11.5. The second-order valence-corrected chi connectivity index (χ2v) is 5.13. The Labute approximate surface area is 138 Å². The molecule has 7 heteroatoms. The van der Waals surface area contributed by atoms with E-state index in [2.05, 4.69) is 15.6 Å². The quantitative estimate of drug-likeness (QED) is 0.817. The predicted molar refractivity (Wildman–Crippen MR) is 85.2 cm³/mol. The van der Waals surface area contributed by atoms with Crippen molar-refractivity contribution in [3.8, 4) is 0 Å². The van der Waals surface area contributed by atoms with Gasteiger partial charge in [-0.2, -0.15) is 0 Å². The lowest BCUT2D eigenvalue weighted by Crippen LogP contribution is -2.27. The summed E-state index contributed by atoms with van der Waals surface area (Å²) >= 11 is 0. The van der Waals surface area contributed by atoms with E-state index in [1.165, 1.54) is 6.20 Å². The summed E-state index contributed by atoms with van der Waals surface area (Å²) in [6.45, 7) is 0.163. The van der Waals surface area contributed by atoms with E-state index in [0.29, 0.717) is 5.69 Å². The number of pyridine rings is 1. The van der Waals surface area contributed by atoms with Gasteiger partial charge in [0.1, 0.15) is 11.6 Å². The normalized spacial score (nSPS) is 10.2. The van der Waals surface area contributed by atoms with Crippen molar-refractivity contribution in [3.63, 3.8) is 0 Å². The van der Waals surface area contributed by atoms with E-state index < -0.39 is 11.6 Å². The molecular formula is C17H17F2N3O2.